The van der Waals surface area contributed by atoms with Crippen molar-refractivity contribution in [2.24, 2.45) is 0 Å². The van der Waals surface area contributed by atoms with Crippen LogP contribution in [0.15, 0.2) is 29.8 Å². The molecular weight excluding hydrogens is 186 g/mol. The molecule has 0 saturated heterocycles. The minimum absolute atomic E-state index is 0.466. The van der Waals surface area contributed by atoms with Crippen molar-refractivity contribution in [2.45, 2.75) is 6.92 Å². The third kappa shape index (κ3) is 2.99. The number of halogens is 1. The van der Waals surface area contributed by atoms with Gasteiger partial charge in [-0.25, -0.2) is 0 Å². The normalized spacial score (nSPS) is 10.6. The number of nitrogens with two attached hydrogens (primary N) is 1. The van der Waals surface area contributed by atoms with Crippen molar-refractivity contribution in [1.29, 1.82) is 0 Å². The molecule has 0 heterocycles. The van der Waals surface area contributed by atoms with E-state index in [0.29, 0.717) is 12.3 Å². The largest absolute Gasteiger partial charge is 0.489 e. The summed E-state index contributed by atoms with van der Waals surface area (Å²) >= 11 is 5.35. The highest BCUT2D eigenvalue weighted by molar-refractivity contribution is 6.25. The number of benzene rings is 1. The number of ether oxygens (including phenoxy) is 1. The molecule has 0 aliphatic carbocycles. The van der Waals surface area contributed by atoms with Crippen LogP contribution in [0.2, 0.25) is 0 Å². The van der Waals surface area contributed by atoms with Gasteiger partial charge in [0.05, 0.1) is 0 Å². The number of nitrogen functional groups attached to an aromatic ring is 1. The molecule has 0 amide bonds. The Morgan fingerprint density at radius 3 is 3.00 bits per heavy atom. The van der Waals surface area contributed by atoms with Crippen molar-refractivity contribution in [3.05, 3.63) is 35.4 Å². The average molecular weight is 198 g/mol. The summed E-state index contributed by atoms with van der Waals surface area (Å²) in [6, 6.07) is 5.58. The molecule has 0 aromatic heterocycles. The van der Waals surface area contributed by atoms with Crippen molar-refractivity contribution < 1.29 is 4.74 Å². The van der Waals surface area contributed by atoms with Crippen LogP contribution in [0.4, 0.5) is 5.69 Å². The zero-order chi connectivity index (χ0) is 9.68. The SMILES string of the molecule is Cc1ccc(N)cc1OC/C=C/Cl. The first kappa shape index (κ1) is 9.93. The lowest BCUT2D eigenvalue weighted by Crippen LogP contribution is -1.96. The number of aryl methyl sites for hydroxylation is 1. The van der Waals surface area contributed by atoms with Gasteiger partial charge in [-0.05, 0) is 24.6 Å². The minimum atomic E-state index is 0.466. The molecule has 2 nitrogen and oxygen atoms in total. The maximum atomic E-state index is 5.61. The second-order valence-corrected chi connectivity index (χ2v) is 2.95. The van der Waals surface area contributed by atoms with E-state index in [1.807, 2.05) is 19.1 Å². The molecule has 0 aliphatic heterocycles. The van der Waals surface area contributed by atoms with E-state index in [4.69, 9.17) is 22.1 Å². The zero-order valence-electron chi connectivity index (χ0n) is 7.46. The second-order valence-electron chi connectivity index (χ2n) is 2.70. The molecule has 1 rings (SSSR count). The van der Waals surface area contributed by atoms with E-state index in [1.165, 1.54) is 5.54 Å². The number of hydrogen-bond donors (Lipinski definition) is 1. The molecule has 0 unspecified atom stereocenters. The Labute approximate surface area is 83.0 Å². The molecule has 13 heavy (non-hydrogen) atoms. The summed E-state index contributed by atoms with van der Waals surface area (Å²) in [5, 5.41) is 0. The summed E-state index contributed by atoms with van der Waals surface area (Å²) < 4.78 is 5.41. The molecule has 0 bridgehead atoms. The van der Waals surface area contributed by atoms with Gasteiger partial charge in [0.15, 0.2) is 0 Å². The predicted octanol–water partition coefficient (Wildman–Crippen LogP) is 2.71. The van der Waals surface area contributed by atoms with Crippen LogP contribution in [-0.4, -0.2) is 6.61 Å². The lowest BCUT2D eigenvalue weighted by Gasteiger charge is -2.07. The molecule has 70 valence electrons. The standard InChI is InChI=1S/C10H12ClNO/c1-8-3-4-9(12)7-10(8)13-6-2-5-11/h2-5,7H,6,12H2,1H3/b5-2+. The Bertz CT molecular complexity index is 310. The van der Waals surface area contributed by atoms with Crippen molar-refractivity contribution in [1.82, 2.24) is 0 Å². The smallest absolute Gasteiger partial charge is 0.124 e. The van der Waals surface area contributed by atoms with E-state index < -0.39 is 0 Å². The van der Waals surface area contributed by atoms with Crippen molar-refractivity contribution in [3.8, 4) is 5.75 Å². The Hall–Kier alpha value is -1.15. The molecule has 2 N–H and O–H groups in total. The zero-order valence-corrected chi connectivity index (χ0v) is 8.21. The first-order valence-corrected chi connectivity index (χ1v) is 4.42. The number of anilines is 1. The quantitative estimate of drug-likeness (QED) is 0.757. The highest BCUT2D eigenvalue weighted by atomic mass is 35.5. The van der Waals surface area contributed by atoms with E-state index in [0.717, 1.165) is 11.3 Å². The van der Waals surface area contributed by atoms with Crippen LogP contribution in [0, 0.1) is 6.92 Å². The molecular formula is C10H12ClNO. The van der Waals surface area contributed by atoms with E-state index in [1.54, 1.807) is 12.1 Å². The van der Waals surface area contributed by atoms with Gasteiger partial charge in [0, 0.05) is 17.3 Å². The Morgan fingerprint density at radius 2 is 2.31 bits per heavy atom. The third-order valence-electron chi connectivity index (χ3n) is 1.64. The van der Waals surface area contributed by atoms with Crippen LogP contribution >= 0.6 is 11.6 Å². The van der Waals surface area contributed by atoms with Crippen LogP contribution in [-0.2, 0) is 0 Å². The summed E-state index contributed by atoms with van der Waals surface area (Å²) in [7, 11) is 0. The summed E-state index contributed by atoms with van der Waals surface area (Å²) in [6.45, 7) is 2.44. The van der Waals surface area contributed by atoms with Gasteiger partial charge in [-0.2, -0.15) is 0 Å². The van der Waals surface area contributed by atoms with Crippen molar-refractivity contribution >= 4 is 17.3 Å². The van der Waals surface area contributed by atoms with Crippen molar-refractivity contribution in [2.75, 3.05) is 12.3 Å². The topological polar surface area (TPSA) is 35.2 Å². The fourth-order valence-electron chi connectivity index (χ4n) is 0.946. The molecule has 0 fully saturated rings. The van der Waals surface area contributed by atoms with E-state index in [2.05, 4.69) is 0 Å². The third-order valence-corrected chi connectivity index (χ3v) is 1.81. The van der Waals surface area contributed by atoms with E-state index >= 15 is 0 Å². The molecule has 0 radical (unpaired) electrons. The minimum Gasteiger partial charge on any atom is -0.489 e. The molecule has 1 aromatic rings. The highest BCUT2D eigenvalue weighted by Gasteiger charge is 1.97. The lowest BCUT2D eigenvalue weighted by atomic mass is 10.2. The summed E-state index contributed by atoms with van der Waals surface area (Å²) in [5.41, 5.74) is 8.81. The first-order chi connectivity index (χ1) is 6.24. The molecule has 0 saturated carbocycles. The highest BCUT2D eigenvalue weighted by Crippen LogP contribution is 2.20. The maximum Gasteiger partial charge on any atom is 0.124 e. The fraction of sp³-hybridized carbons (Fsp3) is 0.200. The van der Waals surface area contributed by atoms with Gasteiger partial charge in [-0.1, -0.05) is 17.7 Å². The van der Waals surface area contributed by atoms with Gasteiger partial charge in [-0.3, -0.25) is 0 Å². The predicted molar refractivity (Wildman–Crippen MR) is 56.1 cm³/mol. The molecule has 1 aromatic carbocycles. The van der Waals surface area contributed by atoms with Gasteiger partial charge < -0.3 is 10.5 Å². The summed E-state index contributed by atoms with van der Waals surface area (Å²) in [6.07, 6.45) is 1.73. The fourth-order valence-corrected chi connectivity index (χ4v) is 1.02. The lowest BCUT2D eigenvalue weighted by molar-refractivity contribution is 0.360. The van der Waals surface area contributed by atoms with Crippen LogP contribution in [0.1, 0.15) is 5.56 Å². The van der Waals surface area contributed by atoms with Crippen LogP contribution < -0.4 is 10.5 Å². The van der Waals surface area contributed by atoms with Gasteiger partial charge in [0.2, 0.25) is 0 Å². The van der Waals surface area contributed by atoms with Gasteiger partial charge >= 0.3 is 0 Å². The van der Waals surface area contributed by atoms with Crippen LogP contribution in [0.5, 0.6) is 5.75 Å². The number of hydrogen-bond acceptors (Lipinski definition) is 2. The summed E-state index contributed by atoms with van der Waals surface area (Å²) in [4.78, 5) is 0. The molecule has 0 aliphatic rings. The second kappa shape index (κ2) is 4.77. The average Bonchev–Trinajstić information content (AvgIpc) is 2.11. The Kier molecular flexibility index (Phi) is 3.65. The van der Waals surface area contributed by atoms with Gasteiger partial charge in [0.25, 0.3) is 0 Å². The van der Waals surface area contributed by atoms with Gasteiger partial charge in [0.1, 0.15) is 12.4 Å². The number of rotatable bonds is 3. The van der Waals surface area contributed by atoms with E-state index in [9.17, 15) is 0 Å². The molecule has 0 spiro atoms. The maximum absolute atomic E-state index is 5.61. The Morgan fingerprint density at radius 1 is 1.54 bits per heavy atom. The Balaban J connectivity index is 2.69. The molecule has 3 heteroatoms. The monoisotopic (exact) mass is 197 g/mol. The van der Waals surface area contributed by atoms with Crippen LogP contribution in [0.3, 0.4) is 0 Å². The molecule has 0 atom stereocenters. The first-order valence-electron chi connectivity index (χ1n) is 3.98. The van der Waals surface area contributed by atoms with E-state index in [-0.39, 0.29) is 0 Å². The van der Waals surface area contributed by atoms with Crippen molar-refractivity contribution in [3.63, 3.8) is 0 Å². The van der Waals surface area contributed by atoms with Crippen LogP contribution in [0.25, 0.3) is 0 Å². The summed E-state index contributed by atoms with van der Waals surface area (Å²) in [5.74, 6) is 0.801. The van der Waals surface area contributed by atoms with Gasteiger partial charge in [-0.15, -0.1) is 0 Å².